The SMILES string of the molecule is CC(C)c1cc2c(-c3cccc4ccccc34)cccc2[cH-]1.Cc1ccc(-c2ccc(C)c3[cH-]c(C)cc23)c(C)c1.Cl.Cl.[CH3-].[CH3-].[Si]=[Zr]. The van der Waals surface area contributed by atoms with Crippen molar-refractivity contribution in [1.82, 2.24) is 0 Å². The van der Waals surface area contributed by atoms with Gasteiger partial charge in [0.05, 0.1) is 0 Å². The molecule has 0 aliphatic heterocycles. The van der Waals surface area contributed by atoms with Gasteiger partial charge in [0.25, 0.3) is 0 Å². The zero-order valence-electron chi connectivity index (χ0n) is 28.9. The second-order valence-corrected chi connectivity index (χ2v) is 11.9. The van der Waals surface area contributed by atoms with Crippen LogP contribution in [0.3, 0.4) is 0 Å². The quantitative estimate of drug-likeness (QED) is 0.125. The van der Waals surface area contributed by atoms with Crippen molar-refractivity contribution in [3.05, 3.63) is 158 Å². The normalized spacial score (nSPS) is 10.0. The Morgan fingerprint density at radius 1 is 0.553 bits per heavy atom. The van der Waals surface area contributed by atoms with Gasteiger partial charge in [-0.3, -0.25) is 0 Å². The molecule has 0 aliphatic carbocycles. The second-order valence-electron chi connectivity index (χ2n) is 11.9. The van der Waals surface area contributed by atoms with Crippen LogP contribution in [0.4, 0.5) is 0 Å². The van der Waals surface area contributed by atoms with Crippen LogP contribution in [0, 0.1) is 42.5 Å². The number of aryl methyl sites for hydroxylation is 4. The summed E-state index contributed by atoms with van der Waals surface area (Å²) in [6.45, 7) is 16.3. The molecule has 244 valence electrons. The molecule has 0 N–H and O–H groups in total. The van der Waals surface area contributed by atoms with Gasteiger partial charge in [0.15, 0.2) is 0 Å². The van der Waals surface area contributed by atoms with Crippen LogP contribution in [0.5, 0.6) is 0 Å². The van der Waals surface area contributed by atoms with E-state index in [-0.39, 0.29) is 39.7 Å². The summed E-state index contributed by atoms with van der Waals surface area (Å²) in [5.74, 6) is 0.563. The number of rotatable bonds is 3. The van der Waals surface area contributed by atoms with Crippen molar-refractivity contribution in [3.8, 4) is 22.3 Å². The average Bonchev–Trinajstić information content (AvgIpc) is 3.63. The van der Waals surface area contributed by atoms with Crippen LogP contribution < -0.4 is 0 Å². The van der Waals surface area contributed by atoms with Crippen LogP contribution in [0.15, 0.2) is 115 Å². The second kappa shape index (κ2) is 18.7. The van der Waals surface area contributed by atoms with E-state index in [9.17, 15) is 0 Å². The Labute approximate surface area is 312 Å². The van der Waals surface area contributed by atoms with E-state index >= 15 is 0 Å². The third-order valence-electron chi connectivity index (χ3n) is 8.44. The fourth-order valence-electron chi connectivity index (χ4n) is 6.23. The topological polar surface area (TPSA) is 0 Å². The van der Waals surface area contributed by atoms with Crippen molar-refractivity contribution < 1.29 is 23.3 Å². The van der Waals surface area contributed by atoms with Crippen LogP contribution in [0.1, 0.15) is 47.6 Å². The monoisotopic (exact) mass is 750 g/mol. The molecule has 4 heteroatoms. The molecule has 0 heterocycles. The van der Waals surface area contributed by atoms with E-state index in [1.165, 1.54) is 106 Å². The molecule has 0 saturated carbocycles. The van der Waals surface area contributed by atoms with Crippen molar-refractivity contribution >= 4 is 64.0 Å². The summed E-state index contributed by atoms with van der Waals surface area (Å²) in [7, 11) is 0. The standard InChI is InChI=1S/C22H19.C19H19.2CH3.2ClH.Si.Zr/c1-15(2)18-13-17-9-6-12-21(22(17)14-18)20-11-5-8-16-7-3-4-10-19(16)20;1-12-5-7-16(15(4)9-12)17-8-6-14(3)18-10-13(2)11-19(17)18;;;;;;/h3-15H,1-2H3;5-11H,1-4H3;2*1H3;2*1H;;/q4*-1;;;;. The molecule has 0 unspecified atom stereocenters. The predicted molar refractivity (Wildman–Crippen MR) is 214 cm³/mol. The molecule has 2 radical (unpaired) electrons. The minimum absolute atomic E-state index is 0. The zero-order chi connectivity index (χ0) is 30.7. The maximum atomic E-state index is 3.06. The summed E-state index contributed by atoms with van der Waals surface area (Å²) in [6.07, 6.45) is 0. The van der Waals surface area contributed by atoms with Crippen LogP contribution in [-0.4, -0.2) is 6.88 Å². The van der Waals surface area contributed by atoms with E-state index in [0.717, 1.165) is 0 Å². The molecule has 0 saturated heterocycles. The molecule has 7 aromatic carbocycles. The Kier molecular flexibility index (Phi) is 16.8. The first-order chi connectivity index (χ1) is 20.8. The van der Waals surface area contributed by atoms with Crippen molar-refractivity contribution in [2.45, 2.75) is 47.5 Å². The first-order valence-electron chi connectivity index (χ1n) is 15.0. The average molecular weight is 753 g/mol. The molecular weight excluding hydrogens is 707 g/mol. The van der Waals surface area contributed by atoms with E-state index in [0.29, 0.717) is 5.92 Å². The fourth-order valence-corrected chi connectivity index (χ4v) is 6.23. The minimum atomic E-state index is 0. The number of hydrogen-bond donors (Lipinski definition) is 0. The molecule has 0 fully saturated rings. The molecule has 0 atom stereocenters. The van der Waals surface area contributed by atoms with Crippen LogP contribution in [0.25, 0.3) is 54.6 Å². The summed E-state index contributed by atoms with van der Waals surface area (Å²) in [5, 5.41) is 8.09. The molecule has 0 bridgehead atoms. The van der Waals surface area contributed by atoms with Crippen LogP contribution in [-0.2, 0) is 23.3 Å². The Balaban J connectivity index is 0.000000416. The third-order valence-corrected chi connectivity index (χ3v) is 8.44. The summed E-state index contributed by atoms with van der Waals surface area (Å²) < 4.78 is 0. The molecular formula is C43H46Cl2SiZr-4. The van der Waals surface area contributed by atoms with E-state index < -0.39 is 0 Å². The fraction of sp³-hybridized carbons (Fsp3) is 0.163. The van der Waals surface area contributed by atoms with Gasteiger partial charge in [-0.15, -0.1) is 93.4 Å². The number of hydrogen-bond acceptors (Lipinski definition) is 0. The summed E-state index contributed by atoms with van der Waals surface area (Å²) in [6, 6.07) is 42.3. The van der Waals surface area contributed by atoms with Crippen LogP contribution >= 0.6 is 24.8 Å². The zero-order valence-corrected chi connectivity index (χ0v) is 34.0. The summed E-state index contributed by atoms with van der Waals surface area (Å²) >= 11 is 1.36. The molecule has 7 aromatic rings. The van der Waals surface area contributed by atoms with Crippen molar-refractivity contribution in [3.63, 3.8) is 0 Å². The molecule has 0 aliphatic rings. The number of halogens is 2. The van der Waals surface area contributed by atoms with Gasteiger partial charge in [-0.2, -0.15) is 12.1 Å². The molecule has 0 amide bonds. The van der Waals surface area contributed by atoms with E-state index in [4.69, 9.17) is 0 Å². The molecule has 0 spiro atoms. The van der Waals surface area contributed by atoms with Gasteiger partial charge < -0.3 is 14.9 Å². The van der Waals surface area contributed by atoms with Crippen LogP contribution in [0.2, 0.25) is 0 Å². The van der Waals surface area contributed by atoms with Gasteiger partial charge >= 0.3 is 30.2 Å². The molecule has 47 heavy (non-hydrogen) atoms. The van der Waals surface area contributed by atoms with Crippen molar-refractivity contribution in [1.29, 1.82) is 0 Å². The van der Waals surface area contributed by atoms with E-state index in [1.807, 2.05) is 0 Å². The van der Waals surface area contributed by atoms with E-state index in [1.54, 1.807) is 0 Å². The van der Waals surface area contributed by atoms with Gasteiger partial charge in [0, 0.05) is 0 Å². The number of benzene rings is 5. The van der Waals surface area contributed by atoms with Gasteiger partial charge in [-0.1, -0.05) is 117 Å². The Bertz CT molecular complexity index is 2040. The van der Waals surface area contributed by atoms with Crippen molar-refractivity contribution in [2.75, 3.05) is 0 Å². The Morgan fingerprint density at radius 3 is 1.83 bits per heavy atom. The molecule has 0 aromatic heterocycles. The Hall–Kier alpha value is -2.74. The first kappa shape index (κ1) is 42.3. The van der Waals surface area contributed by atoms with Gasteiger partial charge in [-0.25, -0.2) is 0 Å². The summed E-state index contributed by atoms with van der Waals surface area (Å²) in [4.78, 5) is 0. The number of fused-ring (bicyclic) bond motifs is 3. The predicted octanol–water partition coefficient (Wildman–Crippen LogP) is 13.3. The molecule has 0 nitrogen and oxygen atoms in total. The third kappa shape index (κ3) is 9.04. The maximum absolute atomic E-state index is 3.06. The van der Waals surface area contributed by atoms with Gasteiger partial charge in [-0.05, 0) is 47.2 Å². The van der Waals surface area contributed by atoms with Gasteiger partial charge in [0.2, 0.25) is 0 Å². The van der Waals surface area contributed by atoms with E-state index in [2.05, 4.69) is 164 Å². The van der Waals surface area contributed by atoms with Crippen molar-refractivity contribution in [2.24, 2.45) is 0 Å². The molecule has 7 rings (SSSR count). The summed E-state index contributed by atoms with van der Waals surface area (Å²) in [5.41, 5.74) is 12.2. The van der Waals surface area contributed by atoms with Gasteiger partial charge in [0.1, 0.15) is 0 Å². The first-order valence-corrected chi connectivity index (χ1v) is 19.2. The Morgan fingerprint density at radius 2 is 1.15 bits per heavy atom.